The second kappa shape index (κ2) is 6.99. The van der Waals surface area contributed by atoms with Crippen molar-refractivity contribution in [2.24, 2.45) is 7.05 Å². The molecule has 2 amide bonds. The molecule has 0 atom stereocenters. The van der Waals surface area contributed by atoms with E-state index in [9.17, 15) is 4.79 Å². The molecule has 3 rings (SSSR count). The molecule has 0 unspecified atom stereocenters. The molecule has 0 saturated carbocycles. The standard InChI is InChI=1S/C15H19N5O3/c1-20-14(18-10-19-20)9-17-15(21)16-8-11-3-4-12-13(7-11)23-6-2-5-22-12/h3-4,7,10H,2,5-6,8-9H2,1H3,(H2,16,17,21). The fourth-order valence-electron chi connectivity index (χ4n) is 2.20. The molecule has 2 aromatic rings. The van der Waals surface area contributed by atoms with Crippen LogP contribution in [0.25, 0.3) is 0 Å². The molecule has 0 aliphatic carbocycles. The number of urea groups is 1. The molecular formula is C15H19N5O3. The van der Waals surface area contributed by atoms with Gasteiger partial charge in [-0.25, -0.2) is 9.78 Å². The first-order chi connectivity index (χ1) is 11.2. The van der Waals surface area contributed by atoms with Crippen LogP contribution in [-0.2, 0) is 20.1 Å². The Kier molecular flexibility index (Phi) is 4.60. The molecule has 1 aliphatic rings. The van der Waals surface area contributed by atoms with Gasteiger partial charge in [0.05, 0.1) is 19.8 Å². The summed E-state index contributed by atoms with van der Waals surface area (Å²) in [6, 6.07) is 5.41. The van der Waals surface area contributed by atoms with Crippen molar-refractivity contribution in [3.8, 4) is 11.5 Å². The van der Waals surface area contributed by atoms with Crippen molar-refractivity contribution in [1.29, 1.82) is 0 Å². The lowest BCUT2D eigenvalue weighted by molar-refractivity contribution is 0.239. The summed E-state index contributed by atoms with van der Waals surface area (Å²) in [6.07, 6.45) is 2.32. The van der Waals surface area contributed by atoms with Crippen LogP contribution in [0.3, 0.4) is 0 Å². The summed E-state index contributed by atoms with van der Waals surface area (Å²) in [5.74, 6) is 2.16. The van der Waals surface area contributed by atoms with Gasteiger partial charge in [0.2, 0.25) is 0 Å². The highest BCUT2D eigenvalue weighted by Crippen LogP contribution is 2.30. The van der Waals surface area contributed by atoms with Crippen molar-refractivity contribution in [2.45, 2.75) is 19.5 Å². The van der Waals surface area contributed by atoms with Gasteiger partial charge in [0, 0.05) is 20.0 Å². The third-order valence-corrected chi connectivity index (χ3v) is 3.48. The summed E-state index contributed by atoms with van der Waals surface area (Å²) < 4.78 is 12.8. The van der Waals surface area contributed by atoms with Gasteiger partial charge in [0.15, 0.2) is 11.5 Å². The first-order valence-electron chi connectivity index (χ1n) is 7.45. The van der Waals surface area contributed by atoms with Crippen molar-refractivity contribution in [3.05, 3.63) is 35.9 Å². The Morgan fingerprint density at radius 1 is 1.22 bits per heavy atom. The molecule has 122 valence electrons. The van der Waals surface area contributed by atoms with Gasteiger partial charge in [0.1, 0.15) is 12.2 Å². The van der Waals surface area contributed by atoms with Crippen LogP contribution in [0.1, 0.15) is 17.8 Å². The number of nitrogens with zero attached hydrogens (tertiary/aromatic N) is 3. The first kappa shape index (κ1) is 15.1. The van der Waals surface area contributed by atoms with Gasteiger partial charge in [-0.3, -0.25) is 4.68 Å². The maximum absolute atomic E-state index is 11.8. The number of aromatic nitrogens is 3. The Morgan fingerprint density at radius 2 is 2.00 bits per heavy atom. The van der Waals surface area contributed by atoms with Crippen LogP contribution in [0.2, 0.25) is 0 Å². The zero-order chi connectivity index (χ0) is 16.1. The molecule has 0 bridgehead atoms. The smallest absolute Gasteiger partial charge is 0.315 e. The van der Waals surface area contributed by atoms with Gasteiger partial charge in [-0.1, -0.05) is 6.07 Å². The van der Waals surface area contributed by atoms with E-state index in [1.165, 1.54) is 6.33 Å². The van der Waals surface area contributed by atoms with E-state index in [0.29, 0.717) is 32.1 Å². The summed E-state index contributed by atoms with van der Waals surface area (Å²) in [7, 11) is 1.78. The van der Waals surface area contributed by atoms with Gasteiger partial charge in [0.25, 0.3) is 0 Å². The largest absolute Gasteiger partial charge is 0.490 e. The number of hydrogen-bond donors (Lipinski definition) is 2. The summed E-state index contributed by atoms with van der Waals surface area (Å²) in [6.45, 7) is 2.03. The second-order valence-electron chi connectivity index (χ2n) is 5.17. The third-order valence-electron chi connectivity index (χ3n) is 3.48. The number of aryl methyl sites for hydroxylation is 1. The number of benzene rings is 1. The maximum atomic E-state index is 11.8. The number of rotatable bonds is 4. The molecule has 0 radical (unpaired) electrons. The Bertz CT molecular complexity index is 686. The number of fused-ring (bicyclic) bond motifs is 1. The minimum atomic E-state index is -0.264. The summed E-state index contributed by atoms with van der Waals surface area (Å²) in [4.78, 5) is 15.9. The summed E-state index contributed by atoms with van der Waals surface area (Å²) in [5, 5.41) is 9.48. The van der Waals surface area contributed by atoms with Gasteiger partial charge in [-0.15, -0.1) is 0 Å². The van der Waals surface area contributed by atoms with Gasteiger partial charge >= 0.3 is 6.03 Å². The highest BCUT2D eigenvalue weighted by molar-refractivity contribution is 5.73. The number of carbonyl (C=O) groups excluding carboxylic acids is 1. The molecule has 0 saturated heterocycles. The molecule has 2 heterocycles. The summed E-state index contributed by atoms with van der Waals surface area (Å²) in [5.41, 5.74) is 0.947. The van der Waals surface area contributed by atoms with Crippen LogP contribution in [0.15, 0.2) is 24.5 Å². The van der Waals surface area contributed by atoms with E-state index in [2.05, 4.69) is 20.7 Å². The van der Waals surface area contributed by atoms with Gasteiger partial charge in [-0.2, -0.15) is 5.10 Å². The zero-order valence-electron chi connectivity index (χ0n) is 12.9. The zero-order valence-corrected chi connectivity index (χ0v) is 12.9. The lowest BCUT2D eigenvalue weighted by Crippen LogP contribution is -2.35. The number of amides is 2. The molecule has 2 N–H and O–H groups in total. The van der Waals surface area contributed by atoms with E-state index >= 15 is 0 Å². The highest BCUT2D eigenvalue weighted by Gasteiger charge is 2.11. The normalized spacial score (nSPS) is 13.3. The van der Waals surface area contributed by atoms with E-state index in [-0.39, 0.29) is 6.03 Å². The van der Waals surface area contributed by atoms with Crippen LogP contribution < -0.4 is 20.1 Å². The van der Waals surface area contributed by atoms with Crippen LogP contribution in [0, 0.1) is 0 Å². The predicted molar refractivity (Wildman–Crippen MR) is 82.1 cm³/mol. The van der Waals surface area contributed by atoms with E-state index < -0.39 is 0 Å². The molecule has 8 heteroatoms. The van der Waals surface area contributed by atoms with Crippen molar-refractivity contribution >= 4 is 6.03 Å². The predicted octanol–water partition coefficient (Wildman–Crippen LogP) is 0.976. The molecule has 1 aliphatic heterocycles. The lowest BCUT2D eigenvalue weighted by Gasteiger charge is -2.10. The number of hydrogen-bond acceptors (Lipinski definition) is 5. The number of ether oxygens (including phenoxy) is 2. The van der Waals surface area contributed by atoms with E-state index in [4.69, 9.17) is 9.47 Å². The fraction of sp³-hybridized carbons (Fsp3) is 0.400. The Hall–Kier alpha value is -2.77. The Labute approximate surface area is 133 Å². The highest BCUT2D eigenvalue weighted by atomic mass is 16.5. The van der Waals surface area contributed by atoms with Gasteiger partial charge in [-0.05, 0) is 17.7 Å². The maximum Gasteiger partial charge on any atom is 0.315 e. The van der Waals surface area contributed by atoms with Crippen LogP contribution >= 0.6 is 0 Å². The monoisotopic (exact) mass is 317 g/mol. The molecule has 0 fully saturated rings. The van der Waals surface area contributed by atoms with Crippen molar-refractivity contribution in [2.75, 3.05) is 13.2 Å². The van der Waals surface area contributed by atoms with E-state index in [0.717, 1.165) is 23.5 Å². The average Bonchev–Trinajstić information content (AvgIpc) is 2.83. The molecule has 8 nitrogen and oxygen atoms in total. The molecular weight excluding hydrogens is 298 g/mol. The quantitative estimate of drug-likeness (QED) is 0.877. The first-order valence-corrected chi connectivity index (χ1v) is 7.45. The molecule has 23 heavy (non-hydrogen) atoms. The van der Waals surface area contributed by atoms with Crippen LogP contribution in [0.4, 0.5) is 4.79 Å². The Balaban J connectivity index is 1.51. The summed E-state index contributed by atoms with van der Waals surface area (Å²) >= 11 is 0. The van der Waals surface area contributed by atoms with E-state index in [1.54, 1.807) is 11.7 Å². The lowest BCUT2D eigenvalue weighted by atomic mass is 10.2. The van der Waals surface area contributed by atoms with Gasteiger partial charge < -0.3 is 20.1 Å². The molecule has 1 aromatic heterocycles. The fourth-order valence-corrected chi connectivity index (χ4v) is 2.20. The topological polar surface area (TPSA) is 90.3 Å². The van der Waals surface area contributed by atoms with Crippen molar-refractivity contribution in [1.82, 2.24) is 25.4 Å². The number of carbonyl (C=O) groups is 1. The van der Waals surface area contributed by atoms with E-state index in [1.807, 2.05) is 18.2 Å². The van der Waals surface area contributed by atoms with Crippen molar-refractivity contribution in [3.63, 3.8) is 0 Å². The molecule has 1 aromatic carbocycles. The Morgan fingerprint density at radius 3 is 2.78 bits per heavy atom. The molecule has 0 spiro atoms. The third kappa shape index (κ3) is 3.91. The average molecular weight is 317 g/mol. The SMILES string of the molecule is Cn1ncnc1CNC(=O)NCc1ccc2c(c1)OCCCO2. The second-order valence-corrected chi connectivity index (χ2v) is 5.17. The van der Waals surface area contributed by atoms with Crippen molar-refractivity contribution < 1.29 is 14.3 Å². The van der Waals surface area contributed by atoms with Crippen LogP contribution in [0.5, 0.6) is 11.5 Å². The number of nitrogens with one attached hydrogen (secondary N) is 2. The minimum absolute atomic E-state index is 0.264. The van der Waals surface area contributed by atoms with Crippen LogP contribution in [-0.4, -0.2) is 34.0 Å². The minimum Gasteiger partial charge on any atom is -0.490 e.